The summed E-state index contributed by atoms with van der Waals surface area (Å²) in [4.78, 5) is 70.9. The van der Waals surface area contributed by atoms with E-state index in [1.54, 1.807) is 133 Å². The summed E-state index contributed by atoms with van der Waals surface area (Å²) in [5.41, 5.74) is 0.0822. The summed E-state index contributed by atoms with van der Waals surface area (Å²) in [6.45, 7) is 25.2. The predicted octanol–water partition coefficient (Wildman–Crippen LogP) is 10.7. The van der Waals surface area contributed by atoms with Crippen molar-refractivity contribution in [2.45, 2.75) is 123 Å². The first-order valence-electron chi connectivity index (χ1n) is 37.3. The van der Waals surface area contributed by atoms with E-state index >= 15 is 0 Å². The number of allylic oxidation sites excluding steroid dienone is 3. The van der Waals surface area contributed by atoms with Crippen LogP contribution in [0.4, 0.5) is 26.7 Å². The Morgan fingerprint density at radius 3 is 1.47 bits per heavy atom. The molecule has 2 amide bonds. The first-order valence-corrected chi connectivity index (χ1v) is 42.7. The molecule has 5 aliphatic heterocycles. The van der Waals surface area contributed by atoms with E-state index in [-0.39, 0.29) is 88.1 Å². The van der Waals surface area contributed by atoms with Crippen LogP contribution >= 0.6 is 34.8 Å². The maximum atomic E-state index is 13.6. The minimum absolute atomic E-state index is 0.0753. The third kappa shape index (κ3) is 26.1. The quantitative estimate of drug-likeness (QED) is 0.0420. The monoisotopic (exact) mass is 1680 g/mol. The maximum Gasteiger partial charge on any atom is 0.425 e. The highest BCUT2D eigenvalue weighted by Gasteiger charge is 2.39. The summed E-state index contributed by atoms with van der Waals surface area (Å²) in [6.07, 6.45) is 20.3. The fourth-order valence-electron chi connectivity index (χ4n) is 11.9. The van der Waals surface area contributed by atoms with Gasteiger partial charge in [0.05, 0.1) is 55.5 Å². The van der Waals surface area contributed by atoms with Crippen molar-refractivity contribution in [1.82, 2.24) is 56.0 Å². The first kappa shape index (κ1) is 89.7. The van der Waals surface area contributed by atoms with Crippen molar-refractivity contribution in [1.29, 1.82) is 0 Å². The lowest BCUT2D eigenvalue weighted by molar-refractivity contribution is 0.0382. The second kappa shape index (κ2) is 42.0. The van der Waals surface area contributed by atoms with Crippen LogP contribution in [0, 0.1) is 0 Å². The molecule has 616 valence electrons. The van der Waals surface area contributed by atoms with Crippen molar-refractivity contribution in [3.8, 4) is 34.3 Å². The van der Waals surface area contributed by atoms with Crippen molar-refractivity contribution in [2.24, 2.45) is 0 Å². The molecule has 11 rings (SSSR count). The Morgan fingerprint density at radius 2 is 1.01 bits per heavy atom. The van der Waals surface area contributed by atoms with Crippen LogP contribution in [-0.4, -0.2) is 207 Å². The molecular formula is C76H102Cl3N15O16S3. The van der Waals surface area contributed by atoms with Gasteiger partial charge in [-0.05, 0) is 167 Å². The van der Waals surface area contributed by atoms with Crippen molar-refractivity contribution in [2.75, 3.05) is 126 Å². The van der Waals surface area contributed by atoms with Gasteiger partial charge < -0.3 is 38.4 Å². The number of hydrogen-bond acceptors (Lipinski definition) is 22. The van der Waals surface area contributed by atoms with Crippen LogP contribution in [-0.2, 0) is 40.1 Å². The number of carbonyl (C=O) groups excluding carboxylic acids is 2. The lowest BCUT2D eigenvalue weighted by Crippen LogP contribution is -2.55. The minimum atomic E-state index is -4.18. The fourth-order valence-corrected chi connectivity index (χ4v) is 16.2. The largest absolute Gasteiger partial charge is 0.486 e. The highest BCUT2D eigenvalue weighted by molar-refractivity contribution is 7.88. The van der Waals surface area contributed by atoms with Gasteiger partial charge in [-0.25, -0.2) is 19.0 Å². The van der Waals surface area contributed by atoms with E-state index in [0.29, 0.717) is 108 Å². The van der Waals surface area contributed by atoms with Gasteiger partial charge in [-0.2, -0.15) is 71.8 Å². The minimum Gasteiger partial charge on any atom is -0.486 e. The smallest absolute Gasteiger partial charge is 0.425 e. The van der Waals surface area contributed by atoms with Crippen LogP contribution in [0.15, 0.2) is 156 Å². The van der Waals surface area contributed by atoms with Crippen LogP contribution in [0.25, 0.3) is 17.1 Å². The number of carbonyl (C=O) groups is 2. The van der Waals surface area contributed by atoms with E-state index in [9.17, 15) is 49.2 Å². The number of piperazine rings is 3. The number of rotatable bonds is 24. The molecule has 3 aromatic carbocycles. The molecule has 3 fully saturated rings. The third-order valence-electron chi connectivity index (χ3n) is 17.5. The molecule has 37 heteroatoms. The average Bonchev–Trinajstić information content (AvgIpc) is 0.993. The number of aromatic nitrogens is 6. The van der Waals surface area contributed by atoms with Crippen LogP contribution in [0.5, 0.6) is 17.2 Å². The molecule has 113 heavy (non-hydrogen) atoms. The summed E-state index contributed by atoms with van der Waals surface area (Å²) < 4.78 is 119. The van der Waals surface area contributed by atoms with Crippen molar-refractivity contribution >= 4 is 94.7 Å². The molecule has 0 unspecified atom stereocenters. The number of fused-ring (bicyclic) bond motifs is 11. The molecular weight excluding hydrogens is 1580 g/mol. The summed E-state index contributed by atoms with van der Waals surface area (Å²) >= 11 is 18.4. The van der Waals surface area contributed by atoms with Gasteiger partial charge in [0.15, 0.2) is 0 Å². The van der Waals surface area contributed by atoms with Crippen LogP contribution in [0.1, 0.15) is 112 Å². The molecule has 0 radical (unpaired) electrons. The fraction of sp³-hybridized carbons (Fsp3) is 0.474. The zero-order valence-corrected chi connectivity index (χ0v) is 69.4. The molecule has 0 saturated carbocycles. The number of hydrogen-bond donors (Lipinski definition) is 2. The van der Waals surface area contributed by atoms with Gasteiger partial charge in [-0.15, -0.1) is 19.7 Å². The molecule has 31 nitrogen and oxygen atoms in total. The number of amides is 2. The zero-order chi connectivity index (χ0) is 82.1. The highest BCUT2D eigenvalue weighted by atomic mass is 35.5. The van der Waals surface area contributed by atoms with Gasteiger partial charge in [0.25, 0.3) is 10.2 Å². The van der Waals surface area contributed by atoms with Gasteiger partial charge in [-0.3, -0.25) is 14.4 Å². The normalized spacial score (nSPS) is 16.4. The van der Waals surface area contributed by atoms with E-state index in [4.69, 9.17) is 58.5 Å². The number of anilines is 3. The number of benzene rings is 3. The van der Waals surface area contributed by atoms with Gasteiger partial charge in [0, 0.05) is 107 Å². The lowest BCUT2D eigenvalue weighted by Gasteiger charge is -2.38. The first-order chi connectivity index (χ1) is 53.7. The van der Waals surface area contributed by atoms with Crippen molar-refractivity contribution < 1.29 is 58.5 Å². The van der Waals surface area contributed by atoms with E-state index < -0.39 is 65.1 Å². The number of nitrogens with one attached hydrogen (secondary N) is 2. The molecule has 6 aromatic rings. The summed E-state index contributed by atoms with van der Waals surface area (Å²) in [5, 5.41) is 14.5. The van der Waals surface area contributed by atoms with Crippen molar-refractivity contribution in [3.05, 3.63) is 188 Å². The number of nitrogens with zero attached hydrogens (tertiary/aromatic N) is 13. The van der Waals surface area contributed by atoms with E-state index in [1.165, 1.54) is 28.9 Å². The van der Waals surface area contributed by atoms with E-state index in [1.807, 2.05) is 43.7 Å². The predicted molar refractivity (Wildman–Crippen MR) is 440 cm³/mol. The second-order valence-electron chi connectivity index (χ2n) is 28.3. The molecule has 2 bridgehead atoms. The Morgan fingerprint density at radius 1 is 0.575 bits per heavy atom. The topological polar surface area (TPSA) is 334 Å². The molecule has 3 aromatic heterocycles. The SMILES string of the molecule is C=CCCCCOc1c(N2CCN(S(=O)(=O)N(CCC=C)C(=O)OC(C)(C)C)CC2)cnn(-c2cccc(Cl)c2)c1=O.C=CCCCCOc1c(N2CCN(S(=O)(=O)NC(=O)OC(C)(C)C)CC2)cnn(-c2cccc(Cl)c2)c1=O.O=c1c2c(cnn1-c1cccc(Cl)c1)N1CCN(CC1)S(=O)(=O)NCC/C=C/CCCCO2. The Labute approximate surface area is 676 Å². The molecule has 0 spiro atoms. The Balaban J connectivity index is 0.000000214. The number of halogens is 3. The second-order valence-corrected chi connectivity index (χ2v) is 34.9. The molecule has 0 aliphatic carbocycles. The molecule has 8 heterocycles. The molecule has 3 saturated heterocycles. The van der Waals surface area contributed by atoms with E-state index in [0.717, 1.165) is 66.4 Å². The lowest BCUT2D eigenvalue weighted by atomic mass is 10.2. The molecule has 2 N–H and O–H groups in total. The number of ether oxygens (including phenoxy) is 5. The van der Waals surface area contributed by atoms with Gasteiger partial charge in [0.2, 0.25) is 17.2 Å². The Kier molecular flexibility index (Phi) is 33.3. The zero-order valence-electron chi connectivity index (χ0n) is 64.7. The van der Waals surface area contributed by atoms with Gasteiger partial charge in [-0.1, -0.05) is 83.4 Å². The summed E-state index contributed by atoms with van der Waals surface area (Å²) in [5.74, 6) is 0.474. The maximum absolute atomic E-state index is 13.6. The molecule has 0 atom stereocenters. The number of unbranched alkanes of at least 4 members (excludes halogenated alkanes) is 4. The van der Waals surface area contributed by atoms with Crippen LogP contribution < -0.4 is 55.0 Å². The third-order valence-corrected chi connectivity index (χ3v) is 23.2. The average molecular weight is 1680 g/mol. The van der Waals surface area contributed by atoms with Gasteiger partial charge in [0.1, 0.15) is 28.3 Å². The highest BCUT2D eigenvalue weighted by Crippen LogP contribution is 2.32. The van der Waals surface area contributed by atoms with Crippen molar-refractivity contribution in [3.63, 3.8) is 0 Å². The van der Waals surface area contributed by atoms with Crippen LogP contribution in [0.3, 0.4) is 0 Å². The van der Waals surface area contributed by atoms with Crippen LogP contribution in [0.2, 0.25) is 15.1 Å². The van der Waals surface area contributed by atoms with Gasteiger partial charge >= 0.3 is 49.3 Å². The summed E-state index contributed by atoms with van der Waals surface area (Å²) in [7, 11) is -11.8. The Hall–Kier alpha value is -8.84. The van der Waals surface area contributed by atoms with E-state index in [2.05, 4.69) is 39.8 Å². The Bertz CT molecular complexity index is 4820. The summed E-state index contributed by atoms with van der Waals surface area (Å²) in [6, 6.07) is 20.5. The molecule has 5 aliphatic rings. The standard InChI is InChI=1S/C29H40ClN5O6S.C25H34ClN5O6S.C22H28ClN5O4S/c1-6-8-10-11-20-40-26-25(22-31-35(27(26)36)24-14-12-13-23(30)21-24)32-16-18-33(19-17-32)42(38,39)34(15-9-7-2)28(37)41-29(3,4)5;1-5-6-7-8-16-36-22-21(18-27-31(23(22)32)20-11-9-10-19(26)17-20)29-12-14-30(15-13-29)38(34,35)28-24(33)37-25(2,3)4;23-18-8-7-9-19(16-18)28-22(29)21-20(17-24-28)26-11-13-27(14-12-26)33(30,31)25-10-5-3-1-2-4-6-15-32-21/h6-7,12-14,21-22H,1-2,8-11,15-20H2,3-5H3;5,9-11,17-18H,1,6-8,12-16H2,2-4H3,(H,28,33);1,3,7-9,16-17,25H,2,4-6,10-15H2/b;;3-1+.